The molecule has 0 saturated carbocycles. The number of hydrogen-bond acceptors (Lipinski definition) is 6. The molecule has 1 aromatic rings. The number of carbonyl (C=O) groups is 1. The summed E-state index contributed by atoms with van der Waals surface area (Å²) in [6.07, 6.45) is 2.20. The summed E-state index contributed by atoms with van der Waals surface area (Å²) in [6, 6.07) is 1.01. The average Bonchev–Trinajstić information content (AvgIpc) is 2.74. The number of rotatable bonds is 3. The van der Waals surface area contributed by atoms with Crippen LogP contribution < -0.4 is 5.32 Å². The van der Waals surface area contributed by atoms with Crippen molar-refractivity contribution in [2.45, 2.75) is 38.8 Å². The molecule has 2 heterocycles. The van der Waals surface area contributed by atoms with Crippen LogP contribution in [0.2, 0.25) is 0 Å². The Morgan fingerprint density at radius 2 is 2.32 bits per heavy atom. The second-order valence-electron chi connectivity index (χ2n) is 5.12. The molecule has 0 aliphatic carbocycles. The first-order valence-corrected chi connectivity index (χ1v) is 7.35. The van der Waals surface area contributed by atoms with E-state index in [1.54, 1.807) is 0 Å². The van der Waals surface area contributed by atoms with Gasteiger partial charge in [0.05, 0.1) is 12.8 Å². The van der Waals surface area contributed by atoms with E-state index in [1.807, 2.05) is 6.92 Å². The van der Waals surface area contributed by atoms with Crippen LogP contribution in [0.15, 0.2) is 0 Å². The van der Waals surface area contributed by atoms with Crippen molar-refractivity contribution >= 4 is 22.4 Å². The quantitative estimate of drug-likeness (QED) is 0.861. The number of ether oxygens (including phenoxy) is 1. The van der Waals surface area contributed by atoms with Gasteiger partial charge in [-0.15, -0.1) is 0 Å². The maximum atomic E-state index is 11.5. The maximum Gasteiger partial charge on any atom is 0.350 e. The average molecular weight is 283 g/mol. The fourth-order valence-corrected chi connectivity index (χ4v) is 3.30. The van der Waals surface area contributed by atoms with Gasteiger partial charge in [-0.2, -0.15) is 0 Å². The van der Waals surface area contributed by atoms with Gasteiger partial charge in [-0.25, -0.2) is 9.78 Å². The second-order valence-corrected chi connectivity index (χ2v) is 6.12. The lowest BCUT2D eigenvalue weighted by atomic mass is 9.99. The number of nitrogens with one attached hydrogen (secondary N) is 1. The minimum absolute atomic E-state index is 0.306. The van der Waals surface area contributed by atoms with Gasteiger partial charge >= 0.3 is 5.97 Å². The highest BCUT2D eigenvalue weighted by Crippen LogP contribution is 2.26. The summed E-state index contributed by atoms with van der Waals surface area (Å²) in [4.78, 5) is 18.9. The smallest absolute Gasteiger partial charge is 0.350 e. The third-order valence-corrected chi connectivity index (χ3v) is 4.77. The van der Waals surface area contributed by atoms with Crippen molar-refractivity contribution in [2.75, 3.05) is 26.0 Å². The molecule has 1 aliphatic heterocycles. The standard InChI is InChI=1S/C13H21N3O2S/c1-8-7-10(5-6-16(8)3)15-13-14-9(2)11(19-13)12(17)18-4/h8,10H,5-7H2,1-4H3,(H,14,15). The number of methoxy groups -OCH3 is 1. The van der Waals surface area contributed by atoms with Gasteiger partial charge in [-0.05, 0) is 33.7 Å². The summed E-state index contributed by atoms with van der Waals surface area (Å²) in [6.45, 7) is 5.17. The molecule has 1 fully saturated rings. The molecule has 2 atom stereocenters. The first-order valence-electron chi connectivity index (χ1n) is 6.53. The number of hydrogen-bond donors (Lipinski definition) is 1. The molecule has 0 bridgehead atoms. The third kappa shape index (κ3) is 3.25. The van der Waals surface area contributed by atoms with Gasteiger partial charge in [-0.1, -0.05) is 11.3 Å². The number of carbonyl (C=O) groups excluding carboxylic acids is 1. The van der Waals surface area contributed by atoms with E-state index in [0.29, 0.717) is 17.0 Å². The molecular weight excluding hydrogens is 262 g/mol. The SMILES string of the molecule is COC(=O)c1sc(NC2CCN(C)C(C)C2)nc1C. The first-order chi connectivity index (χ1) is 9.01. The minimum Gasteiger partial charge on any atom is -0.465 e. The largest absolute Gasteiger partial charge is 0.465 e. The molecule has 106 valence electrons. The Morgan fingerprint density at radius 1 is 1.58 bits per heavy atom. The van der Waals surface area contributed by atoms with Crippen molar-refractivity contribution in [3.8, 4) is 0 Å². The Bertz CT molecular complexity index is 461. The molecule has 5 nitrogen and oxygen atoms in total. The summed E-state index contributed by atoms with van der Waals surface area (Å²) in [5.74, 6) is -0.306. The molecule has 1 aromatic heterocycles. The van der Waals surface area contributed by atoms with Crippen LogP contribution in [0, 0.1) is 6.92 Å². The third-order valence-electron chi connectivity index (χ3n) is 3.70. The molecule has 1 aliphatic rings. The molecule has 0 aromatic carbocycles. The summed E-state index contributed by atoms with van der Waals surface area (Å²) in [5, 5.41) is 4.26. The number of anilines is 1. The van der Waals surface area contributed by atoms with Crippen molar-refractivity contribution in [1.82, 2.24) is 9.88 Å². The Hall–Kier alpha value is -1.14. The molecular formula is C13H21N3O2S. The second kappa shape index (κ2) is 5.88. The van der Waals surface area contributed by atoms with Crippen molar-refractivity contribution < 1.29 is 9.53 Å². The Morgan fingerprint density at radius 3 is 2.95 bits per heavy atom. The van der Waals surface area contributed by atoms with Gasteiger partial charge in [0.25, 0.3) is 0 Å². The summed E-state index contributed by atoms with van der Waals surface area (Å²) in [7, 11) is 3.55. The zero-order valence-corrected chi connectivity index (χ0v) is 12.7. The van der Waals surface area contributed by atoms with Crippen LogP contribution in [0.25, 0.3) is 0 Å². The molecule has 19 heavy (non-hydrogen) atoms. The number of likely N-dealkylation sites (tertiary alicyclic amines) is 1. The normalized spacial score (nSPS) is 24.2. The maximum absolute atomic E-state index is 11.5. The van der Waals surface area contributed by atoms with E-state index in [0.717, 1.165) is 30.2 Å². The first kappa shape index (κ1) is 14.3. The van der Waals surface area contributed by atoms with E-state index >= 15 is 0 Å². The van der Waals surface area contributed by atoms with Crippen molar-refractivity contribution in [3.63, 3.8) is 0 Å². The van der Waals surface area contributed by atoms with Crippen molar-refractivity contribution in [3.05, 3.63) is 10.6 Å². The van der Waals surface area contributed by atoms with Crippen LogP contribution in [-0.2, 0) is 4.74 Å². The lowest BCUT2D eigenvalue weighted by molar-refractivity contribution is 0.0605. The molecule has 2 rings (SSSR count). The summed E-state index contributed by atoms with van der Waals surface area (Å²) in [5.41, 5.74) is 0.736. The zero-order chi connectivity index (χ0) is 14.0. The lowest BCUT2D eigenvalue weighted by Gasteiger charge is -2.35. The molecule has 6 heteroatoms. The Labute approximate surface area is 118 Å². The highest BCUT2D eigenvalue weighted by Gasteiger charge is 2.24. The number of aromatic nitrogens is 1. The minimum atomic E-state index is -0.306. The van der Waals surface area contributed by atoms with Crippen LogP contribution in [-0.4, -0.2) is 48.6 Å². The van der Waals surface area contributed by atoms with Gasteiger partial charge in [0.1, 0.15) is 4.88 Å². The van der Waals surface area contributed by atoms with E-state index < -0.39 is 0 Å². The lowest BCUT2D eigenvalue weighted by Crippen LogP contribution is -2.42. The summed E-state index contributed by atoms with van der Waals surface area (Å²) >= 11 is 1.38. The molecule has 1 N–H and O–H groups in total. The highest BCUT2D eigenvalue weighted by atomic mass is 32.1. The topological polar surface area (TPSA) is 54.5 Å². The van der Waals surface area contributed by atoms with Crippen LogP contribution in [0.1, 0.15) is 35.1 Å². The fraction of sp³-hybridized carbons (Fsp3) is 0.692. The van der Waals surface area contributed by atoms with E-state index in [9.17, 15) is 4.79 Å². The number of aryl methyl sites for hydroxylation is 1. The predicted molar refractivity (Wildman–Crippen MR) is 76.9 cm³/mol. The fourth-order valence-electron chi connectivity index (χ4n) is 2.34. The highest BCUT2D eigenvalue weighted by molar-refractivity contribution is 7.17. The summed E-state index contributed by atoms with van der Waals surface area (Å²) < 4.78 is 4.75. The zero-order valence-electron chi connectivity index (χ0n) is 11.9. The molecule has 2 unspecified atom stereocenters. The van der Waals surface area contributed by atoms with E-state index in [1.165, 1.54) is 18.4 Å². The van der Waals surface area contributed by atoms with E-state index in [4.69, 9.17) is 4.74 Å². The Balaban J connectivity index is 2.02. The van der Waals surface area contributed by atoms with Crippen molar-refractivity contribution in [2.24, 2.45) is 0 Å². The van der Waals surface area contributed by atoms with Gasteiger partial charge in [0.2, 0.25) is 0 Å². The Kier molecular flexibility index (Phi) is 4.42. The van der Waals surface area contributed by atoms with Crippen LogP contribution >= 0.6 is 11.3 Å². The van der Waals surface area contributed by atoms with Crippen LogP contribution in [0.3, 0.4) is 0 Å². The van der Waals surface area contributed by atoms with Gasteiger partial charge in [0, 0.05) is 18.6 Å². The number of esters is 1. The molecule has 1 saturated heterocycles. The molecule has 0 radical (unpaired) electrons. The van der Waals surface area contributed by atoms with E-state index in [2.05, 4.69) is 29.2 Å². The van der Waals surface area contributed by atoms with Gasteiger partial charge in [-0.3, -0.25) is 0 Å². The number of thiazole rings is 1. The van der Waals surface area contributed by atoms with Gasteiger partial charge in [0.15, 0.2) is 5.13 Å². The predicted octanol–water partition coefficient (Wildman–Crippen LogP) is 2.13. The number of piperidine rings is 1. The molecule has 0 spiro atoms. The van der Waals surface area contributed by atoms with Gasteiger partial charge < -0.3 is 15.0 Å². The van der Waals surface area contributed by atoms with E-state index in [-0.39, 0.29) is 5.97 Å². The monoisotopic (exact) mass is 283 g/mol. The molecule has 0 amide bonds. The van der Waals surface area contributed by atoms with Crippen LogP contribution in [0.4, 0.5) is 5.13 Å². The van der Waals surface area contributed by atoms with Crippen molar-refractivity contribution in [1.29, 1.82) is 0 Å². The number of nitrogens with zero attached hydrogens (tertiary/aromatic N) is 2. The van der Waals surface area contributed by atoms with Crippen LogP contribution in [0.5, 0.6) is 0 Å².